The van der Waals surface area contributed by atoms with Crippen LogP contribution in [-0.4, -0.2) is 33.4 Å². The third kappa shape index (κ3) is 5.01. The van der Waals surface area contributed by atoms with Crippen LogP contribution in [0.3, 0.4) is 0 Å². The van der Waals surface area contributed by atoms with Gasteiger partial charge in [-0.15, -0.1) is 5.10 Å². The molecule has 28 heavy (non-hydrogen) atoms. The summed E-state index contributed by atoms with van der Waals surface area (Å²) in [5, 5.41) is 10.5. The van der Waals surface area contributed by atoms with Gasteiger partial charge >= 0.3 is 12.0 Å². The van der Waals surface area contributed by atoms with E-state index in [-0.39, 0.29) is 18.5 Å². The van der Waals surface area contributed by atoms with Crippen LogP contribution < -0.4 is 10.6 Å². The fourth-order valence-corrected chi connectivity index (χ4v) is 3.65. The van der Waals surface area contributed by atoms with Crippen molar-refractivity contribution in [2.24, 2.45) is 0 Å². The number of anilines is 1. The number of esters is 1. The van der Waals surface area contributed by atoms with Crippen LogP contribution in [0.25, 0.3) is 0 Å². The number of amides is 2. The summed E-state index contributed by atoms with van der Waals surface area (Å²) in [5.41, 5.74) is 0.591. The molecule has 1 heterocycles. The van der Waals surface area contributed by atoms with Crippen molar-refractivity contribution in [2.45, 2.75) is 51.1 Å². The SMILES string of the molecule is CCOC(=O)Cn1cnc(NC(=O)NC2(c3ccc(Cl)cc3)CCCCC2)n1. The quantitative estimate of drug-likeness (QED) is 0.717. The maximum atomic E-state index is 12.6. The van der Waals surface area contributed by atoms with Crippen LogP contribution in [0.4, 0.5) is 10.7 Å². The molecule has 0 bridgehead atoms. The van der Waals surface area contributed by atoms with Crippen molar-refractivity contribution < 1.29 is 14.3 Å². The molecule has 8 nitrogen and oxygen atoms in total. The maximum Gasteiger partial charge on any atom is 0.327 e. The topological polar surface area (TPSA) is 98.1 Å². The Labute approximate surface area is 168 Å². The Morgan fingerprint density at radius 3 is 2.61 bits per heavy atom. The minimum absolute atomic E-state index is 0.0567. The van der Waals surface area contributed by atoms with E-state index in [1.54, 1.807) is 6.92 Å². The maximum absolute atomic E-state index is 12.6. The van der Waals surface area contributed by atoms with Gasteiger partial charge in [-0.25, -0.2) is 14.5 Å². The number of urea groups is 1. The van der Waals surface area contributed by atoms with E-state index in [0.717, 1.165) is 37.7 Å². The number of rotatable bonds is 6. The second-order valence-corrected chi connectivity index (χ2v) is 7.24. The van der Waals surface area contributed by atoms with Crippen molar-refractivity contribution in [3.63, 3.8) is 0 Å². The molecule has 1 aliphatic rings. The summed E-state index contributed by atoms with van der Waals surface area (Å²) in [5.74, 6) is -0.281. The molecule has 1 aliphatic carbocycles. The molecule has 1 saturated carbocycles. The standard InChI is InChI=1S/C19H24ClN5O3/c1-2-28-16(26)12-25-13-21-17(24-25)22-18(27)23-19(10-4-3-5-11-19)14-6-8-15(20)9-7-14/h6-9,13H,2-5,10-12H2,1H3,(H2,22,23,24,27). The molecule has 1 fully saturated rings. The second kappa shape index (κ2) is 9.05. The van der Waals surface area contributed by atoms with Crippen LogP contribution in [-0.2, 0) is 21.6 Å². The third-order valence-corrected chi connectivity index (χ3v) is 5.07. The zero-order chi connectivity index (χ0) is 20.0. The molecule has 0 saturated heterocycles. The minimum atomic E-state index is -0.444. The predicted octanol–water partition coefficient (Wildman–Crippen LogP) is 3.48. The van der Waals surface area contributed by atoms with Crippen molar-refractivity contribution in [1.29, 1.82) is 0 Å². The first-order valence-corrected chi connectivity index (χ1v) is 9.79. The second-order valence-electron chi connectivity index (χ2n) is 6.80. The molecule has 2 N–H and O–H groups in total. The van der Waals surface area contributed by atoms with E-state index in [1.807, 2.05) is 24.3 Å². The number of benzene rings is 1. The third-order valence-electron chi connectivity index (χ3n) is 4.81. The summed E-state index contributed by atoms with van der Waals surface area (Å²) in [7, 11) is 0. The van der Waals surface area contributed by atoms with Gasteiger partial charge in [0.25, 0.3) is 0 Å². The average Bonchev–Trinajstić information content (AvgIpc) is 3.09. The molecule has 2 aromatic rings. The number of halogens is 1. The van der Waals surface area contributed by atoms with E-state index < -0.39 is 11.5 Å². The summed E-state index contributed by atoms with van der Waals surface area (Å²) >= 11 is 6.02. The fraction of sp³-hybridized carbons (Fsp3) is 0.474. The predicted molar refractivity (Wildman–Crippen MR) is 105 cm³/mol. The van der Waals surface area contributed by atoms with E-state index >= 15 is 0 Å². The number of hydrogen-bond donors (Lipinski definition) is 2. The number of hydrogen-bond acceptors (Lipinski definition) is 5. The highest BCUT2D eigenvalue weighted by atomic mass is 35.5. The van der Waals surface area contributed by atoms with Crippen molar-refractivity contribution in [3.8, 4) is 0 Å². The number of aromatic nitrogens is 3. The van der Waals surface area contributed by atoms with E-state index in [9.17, 15) is 9.59 Å². The monoisotopic (exact) mass is 405 g/mol. The summed E-state index contributed by atoms with van der Waals surface area (Å²) in [6.07, 6.45) is 6.31. The van der Waals surface area contributed by atoms with E-state index in [4.69, 9.17) is 16.3 Å². The summed E-state index contributed by atoms with van der Waals surface area (Å²) in [4.78, 5) is 28.2. The summed E-state index contributed by atoms with van der Waals surface area (Å²) in [6.45, 7) is 1.98. The lowest BCUT2D eigenvalue weighted by Crippen LogP contribution is -2.49. The Hall–Kier alpha value is -2.61. The van der Waals surface area contributed by atoms with Crippen molar-refractivity contribution >= 4 is 29.5 Å². The molecule has 9 heteroatoms. The van der Waals surface area contributed by atoms with Crippen molar-refractivity contribution in [3.05, 3.63) is 41.2 Å². The Balaban J connectivity index is 1.67. The van der Waals surface area contributed by atoms with E-state index in [2.05, 4.69) is 20.7 Å². The van der Waals surface area contributed by atoms with Crippen molar-refractivity contribution in [2.75, 3.05) is 11.9 Å². The Morgan fingerprint density at radius 1 is 1.21 bits per heavy atom. The molecule has 0 unspecified atom stereocenters. The molecule has 2 amide bonds. The first kappa shape index (κ1) is 20.1. The zero-order valence-electron chi connectivity index (χ0n) is 15.8. The van der Waals surface area contributed by atoms with E-state index in [1.165, 1.54) is 11.0 Å². The van der Waals surface area contributed by atoms with Crippen molar-refractivity contribution in [1.82, 2.24) is 20.1 Å². The van der Waals surface area contributed by atoms with Gasteiger partial charge < -0.3 is 10.1 Å². The van der Waals surface area contributed by atoms with E-state index in [0.29, 0.717) is 11.6 Å². The fourth-order valence-electron chi connectivity index (χ4n) is 3.53. The highest BCUT2D eigenvalue weighted by Crippen LogP contribution is 2.37. The lowest BCUT2D eigenvalue weighted by molar-refractivity contribution is -0.144. The summed E-state index contributed by atoms with van der Waals surface area (Å²) in [6, 6.07) is 7.21. The minimum Gasteiger partial charge on any atom is -0.465 e. The van der Waals surface area contributed by atoms with Crippen LogP contribution in [0, 0.1) is 0 Å². The molecular formula is C19H24ClN5O3. The van der Waals surface area contributed by atoms with Gasteiger partial charge in [-0.2, -0.15) is 0 Å². The van der Waals surface area contributed by atoms with Gasteiger partial charge in [0, 0.05) is 5.02 Å². The highest BCUT2D eigenvalue weighted by molar-refractivity contribution is 6.30. The first-order valence-electron chi connectivity index (χ1n) is 9.41. The van der Waals surface area contributed by atoms with Gasteiger partial charge in [0.2, 0.25) is 5.95 Å². The normalized spacial score (nSPS) is 15.6. The lowest BCUT2D eigenvalue weighted by Gasteiger charge is -2.38. The molecule has 0 atom stereocenters. The Kier molecular flexibility index (Phi) is 6.51. The Morgan fingerprint density at radius 2 is 1.93 bits per heavy atom. The molecule has 3 rings (SSSR count). The van der Waals surface area contributed by atoms with Gasteiger partial charge in [-0.3, -0.25) is 10.1 Å². The summed E-state index contributed by atoms with van der Waals surface area (Å²) < 4.78 is 6.19. The molecule has 0 aliphatic heterocycles. The van der Waals surface area contributed by atoms with Gasteiger partial charge in [-0.05, 0) is 37.5 Å². The molecule has 1 aromatic heterocycles. The van der Waals surface area contributed by atoms with Crippen LogP contribution in [0.2, 0.25) is 5.02 Å². The van der Waals surface area contributed by atoms with Crippen LogP contribution in [0.1, 0.15) is 44.6 Å². The molecule has 150 valence electrons. The largest absolute Gasteiger partial charge is 0.465 e. The first-order chi connectivity index (χ1) is 13.5. The number of nitrogens with one attached hydrogen (secondary N) is 2. The number of carbonyl (C=O) groups excluding carboxylic acids is 2. The molecular weight excluding hydrogens is 382 g/mol. The molecule has 0 spiro atoms. The molecule has 0 radical (unpaired) electrons. The van der Waals surface area contributed by atoms with Gasteiger partial charge in [0.05, 0.1) is 12.1 Å². The van der Waals surface area contributed by atoms with Crippen LogP contribution in [0.5, 0.6) is 0 Å². The van der Waals surface area contributed by atoms with Gasteiger partial charge in [-0.1, -0.05) is 43.0 Å². The highest BCUT2D eigenvalue weighted by Gasteiger charge is 2.35. The van der Waals surface area contributed by atoms with Crippen LogP contribution >= 0.6 is 11.6 Å². The van der Waals surface area contributed by atoms with Gasteiger partial charge in [0.15, 0.2) is 0 Å². The average molecular weight is 406 g/mol. The number of ether oxygens (including phenoxy) is 1. The number of nitrogens with zero attached hydrogens (tertiary/aromatic N) is 3. The Bertz CT molecular complexity index is 815. The smallest absolute Gasteiger partial charge is 0.327 e. The molecule has 1 aromatic carbocycles. The zero-order valence-corrected chi connectivity index (χ0v) is 16.5. The van der Waals surface area contributed by atoms with Gasteiger partial charge in [0.1, 0.15) is 12.9 Å². The van der Waals surface area contributed by atoms with Crippen LogP contribution in [0.15, 0.2) is 30.6 Å². The number of carbonyl (C=O) groups is 2. The lowest BCUT2D eigenvalue weighted by atomic mass is 9.76.